The molecule has 0 heterocycles. The molecule has 3 unspecified atom stereocenters. The van der Waals surface area contributed by atoms with Crippen LogP contribution in [0.3, 0.4) is 0 Å². The largest absolute Gasteiger partial charge is 0.327 e. The maximum absolute atomic E-state index is 6.09. The van der Waals surface area contributed by atoms with Crippen molar-refractivity contribution in [3.8, 4) is 0 Å². The molecule has 0 aromatic rings. The van der Waals surface area contributed by atoms with Crippen LogP contribution in [0.1, 0.15) is 39.0 Å². The van der Waals surface area contributed by atoms with Crippen molar-refractivity contribution in [1.82, 2.24) is 0 Å². The summed E-state index contributed by atoms with van der Waals surface area (Å²) in [5, 5.41) is 0. The molecule has 0 saturated heterocycles. The van der Waals surface area contributed by atoms with Gasteiger partial charge in [0.25, 0.3) is 0 Å². The number of hydrogen-bond acceptors (Lipinski definition) is 1. The average molecular weight is 165 g/mol. The highest BCUT2D eigenvalue weighted by Crippen LogP contribution is 2.35. The summed E-state index contributed by atoms with van der Waals surface area (Å²) in [6.07, 6.45) is 9.18. The summed E-state index contributed by atoms with van der Waals surface area (Å²) in [5.74, 6) is 1.52. The molecule has 0 amide bonds. The fraction of sp³-hybridized carbons (Fsp3) is 0.818. The molecule has 0 spiro atoms. The Morgan fingerprint density at radius 1 is 1.50 bits per heavy atom. The number of allylic oxidation sites excluding steroid dienone is 1. The van der Waals surface area contributed by atoms with Gasteiger partial charge in [0.2, 0.25) is 0 Å². The fourth-order valence-electron chi connectivity index (χ4n) is 2.64. The van der Waals surface area contributed by atoms with E-state index in [2.05, 4.69) is 13.0 Å². The zero-order valence-electron chi connectivity index (χ0n) is 7.92. The van der Waals surface area contributed by atoms with E-state index in [0.717, 1.165) is 5.92 Å². The van der Waals surface area contributed by atoms with Gasteiger partial charge in [0.15, 0.2) is 0 Å². The van der Waals surface area contributed by atoms with Gasteiger partial charge < -0.3 is 5.73 Å². The standard InChI is InChI=1S/C11H19N/c1-8-5-9-3-2-4-10(6-9)7-11(8)12/h5,8,10-11H,2-4,6-7,12H2,1H3. The van der Waals surface area contributed by atoms with Crippen LogP contribution in [-0.2, 0) is 0 Å². The third-order valence-corrected chi connectivity index (χ3v) is 3.44. The minimum atomic E-state index is 0.422. The molecule has 2 N–H and O–H groups in total. The van der Waals surface area contributed by atoms with E-state index in [0.29, 0.717) is 12.0 Å². The summed E-state index contributed by atoms with van der Waals surface area (Å²) in [6, 6.07) is 0.422. The molecule has 3 atom stereocenters. The van der Waals surface area contributed by atoms with E-state index in [-0.39, 0.29) is 0 Å². The van der Waals surface area contributed by atoms with Gasteiger partial charge in [0.05, 0.1) is 0 Å². The summed E-state index contributed by atoms with van der Waals surface area (Å²) in [4.78, 5) is 0. The van der Waals surface area contributed by atoms with Crippen molar-refractivity contribution in [1.29, 1.82) is 0 Å². The van der Waals surface area contributed by atoms with Crippen LogP contribution < -0.4 is 5.73 Å². The SMILES string of the molecule is CC1C=C2CCCC(C2)CC1N. The summed E-state index contributed by atoms with van der Waals surface area (Å²) < 4.78 is 0. The number of fused-ring (bicyclic) bond motifs is 2. The van der Waals surface area contributed by atoms with Gasteiger partial charge in [-0.15, -0.1) is 0 Å². The van der Waals surface area contributed by atoms with Gasteiger partial charge in [0.1, 0.15) is 0 Å². The Labute approximate surface area is 75.0 Å². The molecule has 2 aliphatic rings. The molecule has 1 nitrogen and oxygen atoms in total. The maximum Gasteiger partial charge on any atom is 0.0102 e. The molecule has 0 aromatic carbocycles. The van der Waals surface area contributed by atoms with Gasteiger partial charge >= 0.3 is 0 Å². The highest BCUT2D eigenvalue weighted by atomic mass is 14.6. The minimum Gasteiger partial charge on any atom is -0.327 e. The lowest BCUT2D eigenvalue weighted by Crippen LogP contribution is -2.28. The van der Waals surface area contributed by atoms with Gasteiger partial charge in [-0.25, -0.2) is 0 Å². The van der Waals surface area contributed by atoms with E-state index in [1.54, 1.807) is 5.57 Å². The van der Waals surface area contributed by atoms with Crippen LogP contribution in [-0.4, -0.2) is 6.04 Å². The smallest absolute Gasteiger partial charge is 0.0102 e. The van der Waals surface area contributed by atoms with Crippen molar-refractivity contribution < 1.29 is 0 Å². The molecule has 1 heteroatoms. The Balaban J connectivity index is 2.16. The van der Waals surface area contributed by atoms with E-state index in [9.17, 15) is 0 Å². The Kier molecular flexibility index (Phi) is 2.22. The molecular formula is C11H19N. The van der Waals surface area contributed by atoms with Crippen molar-refractivity contribution in [3.63, 3.8) is 0 Å². The monoisotopic (exact) mass is 165 g/mol. The van der Waals surface area contributed by atoms with E-state index in [4.69, 9.17) is 5.73 Å². The zero-order valence-corrected chi connectivity index (χ0v) is 7.92. The lowest BCUT2D eigenvalue weighted by atomic mass is 9.84. The fourth-order valence-corrected chi connectivity index (χ4v) is 2.64. The van der Waals surface area contributed by atoms with E-state index in [1.807, 2.05) is 0 Å². The summed E-state index contributed by atoms with van der Waals surface area (Å²) in [5.41, 5.74) is 7.78. The Morgan fingerprint density at radius 2 is 2.33 bits per heavy atom. The van der Waals surface area contributed by atoms with Crippen LogP contribution in [0, 0.1) is 11.8 Å². The van der Waals surface area contributed by atoms with Crippen molar-refractivity contribution in [3.05, 3.63) is 11.6 Å². The highest BCUT2D eigenvalue weighted by molar-refractivity contribution is 5.11. The lowest BCUT2D eigenvalue weighted by molar-refractivity contribution is 0.357. The average Bonchev–Trinajstić information content (AvgIpc) is 2.11. The van der Waals surface area contributed by atoms with E-state index >= 15 is 0 Å². The molecule has 0 aromatic heterocycles. The summed E-state index contributed by atoms with van der Waals surface area (Å²) in [7, 11) is 0. The van der Waals surface area contributed by atoms with Crippen molar-refractivity contribution >= 4 is 0 Å². The Bertz CT molecular complexity index is 195. The van der Waals surface area contributed by atoms with Gasteiger partial charge in [-0.3, -0.25) is 0 Å². The second-order valence-electron chi connectivity index (χ2n) is 4.55. The highest BCUT2D eigenvalue weighted by Gasteiger charge is 2.25. The third kappa shape index (κ3) is 1.56. The first-order chi connectivity index (χ1) is 5.75. The molecule has 2 bridgehead atoms. The predicted octanol–water partition coefficient (Wildman–Crippen LogP) is 2.47. The predicted molar refractivity (Wildman–Crippen MR) is 51.8 cm³/mol. The lowest BCUT2D eigenvalue weighted by Gasteiger charge is -2.23. The van der Waals surface area contributed by atoms with Crippen LogP contribution in [0.15, 0.2) is 11.6 Å². The van der Waals surface area contributed by atoms with Gasteiger partial charge in [-0.1, -0.05) is 18.6 Å². The van der Waals surface area contributed by atoms with Crippen LogP contribution >= 0.6 is 0 Å². The molecule has 1 saturated carbocycles. The van der Waals surface area contributed by atoms with Crippen molar-refractivity contribution in [2.24, 2.45) is 17.6 Å². The van der Waals surface area contributed by atoms with Crippen LogP contribution in [0.5, 0.6) is 0 Å². The molecule has 2 rings (SSSR count). The first-order valence-corrected chi connectivity index (χ1v) is 5.21. The molecule has 0 radical (unpaired) electrons. The van der Waals surface area contributed by atoms with Gasteiger partial charge in [-0.05, 0) is 43.9 Å². The minimum absolute atomic E-state index is 0.422. The second-order valence-corrected chi connectivity index (χ2v) is 4.55. The first kappa shape index (κ1) is 8.31. The Morgan fingerprint density at radius 3 is 3.17 bits per heavy atom. The third-order valence-electron chi connectivity index (χ3n) is 3.44. The summed E-state index contributed by atoms with van der Waals surface area (Å²) in [6.45, 7) is 2.26. The van der Waals surface area contributed by atoms with Crippen molar-refractivity contribution in [2.75, 3.05) is 0 Å². The van der Waals surface area contributed by atoms with Gasteiger partial charge in [0, 0.05) is 6.04 Å². The molecule has 2 aliphatic carbocycles. The van der Waals surface area contributed by atoms with Crippen LogP contribution in [0.4, 0.5) is 0 Å². The Hall–Kier alpha value is -0.300. The second kappa shape index (κ2) is 3.21. The number of hydrogen-bond donors (Lipinski definition) is 1. The molecule has 1 fully saturated rings. The normalized spacial score (nSPS) is 41.8. The zero-order chi connectivity index (χ0) is 8.55. The summed E-state index contributed by atoms with van der Waals surface area (Å²) >= 11 is 0. The van der Waals surface area contributed by atoms with E-state index in [1.165, 1.54) is 32.1 Å². The molecule has 12 heavy (non-hydrogen) atoms. The first-order valence-electron chi connectivity index (χ1n) is 5.21. The van der Waals surface area contributed by atoms with Crippen LogP contribution in [0.2, 0.25) is 0 Å². The molecule has 68 valence electrons. The van der Waals surface area contributed by atoms with Gasteiger partial charge in [-0.2, -0.15) is 0 Å². The quantitative estimate of drug-likeness (QED) is 0.548. The topological polar surface area (TPSA) is 26.0 Å². The molecular weight excluding hydrogens is 146 g/mol. The van der Waals surface area contributed by atoms with Crippen LogP contribution in [0.25, 0.3) is 0 Å². The maximum atomic E-state index is 6.09. The number of nitrogens with two attached hydrogens (primary N) is 1. The van der Waals surface area contributed by atoms with Crippen molar-refractivity contribution in [2.45, 2.75) is 45.1 Å². The number of rotatable bonds is 0. The molecule has 0 aliphatic heterocycles. The van der Waals surface area contributed by atoms with E-state index < -0.39 is 0 Å².